The Morgan fingerprint density at radius 2 is 2.05 bits per heavy atom. The van der Waals surface area contributed by atoms with E-state index in [4.69, 9.17) is 5.11 Å². The first-order valence-corrected chi connectivity index (χ1v) is 7.94. The third kappa shape index (κ3) is 5.81. The van der Waals surface area contributed by atoms with Crippen LogP contribution in [0.25, 0.3) is 0 Å². The Hall–Kier alpha value is -1.24. The summed E-state index contributed by atoms with van der Waals surface area (Å²) in [5.74, 6) is -0.533. The van der Waals surface area contributed by atoms with Gasteiger partial charge >= 0.3 is 5.97 Å². The number of hydrogen-bond acceptors (Lipinski definition) is 4. The molecule has 1 fully saturated rings. The van der Waals surface area contributed by atoms with Crippen LogP contribution in [0.5, 0.6) is 0 Å². The van der Waals surface area contributed by atoms with Gasteiger partial charge < -0.3 is 15.7 Å². The van der Waals surface area contributed by atoms with Crippen LogP contribution in [0.4, 0.5) is 0 Å². The van der Waals surface area contributed by atoms with E-state index in [1.54, 1.807) is 0 Å². The molecule has 20 heavy (non-hydrogen) atoms. The van der Waals surface area contributed by atoms with Crippen LogP contribution in [0, 0.1) is 0 Å². The lowest BCUT2D eigenvalue weighted by atomic mass is 10.2. The van der Waals surface area contributed by atoms with Crippen molar-refractivity contribution in [3.05, 3.63) is 0 Å². The highest BCUT2D eigenvalue weighted by atomic mass is 32.2. The van der Waals surface area contributed by atoms with Crippen LogP contribution in [0.1, 0.15) is 39.0 Å². The molecule has 0 aromatic rings. The molecular weight excluding hydrogens is 280 g/mol. The number of aliphatic carboxylic acids is 1. The highest BCUT2D eigenvalue weighted by Gasteiger charge is 2.22. The van der Waals surface area contributed by atoms with Crippen molar-refractivity contribution < 1.29 is 19.5 Å². The van der Waals surface area contributed by atoms with Crippen LogP contribution in [0.2, 0.25) is 0 Å². The van der Waals surface area contributed by atoms with Gasteiger partial charge in [0.25, 0.3) is 0 Å². The Bertz CT molecular complexity index is 345. The number of rotatable bonds is 9. The molecule has 1 saturated carbocycles. The van der Waals surface area contributed by atoms with E-state index in [-0.39, 0.29) is 11.2 Å². The third-order valence-electron chi connectivity index (χ3n) is 3.41. The van der Waals surface area contributed by atoms with E-state index in [1.807, 2.05) is 6.92 Å². The van der Waals surface area contributed by atoms with Gasteiger partial charge in [0.2, 0.25) is 12.3 Å². The normalized spacial score (nSPS) is 18.2. The number of carbonyl (C=O) groups excluding carboxylic acids is 2. The molecule has 0 bridgehead atoms. The molecule has 1 aliphatic rings. The molecule has 3 N–H and O–H groups in total. The van der Waals surface area contributed by atoms with Crippen LogP contribution in [0.3, 0.4) is 0 Å². The summed E-state index contributed by atoms with van der Waals surface area (Å²) >= 11 is 1.41. The molecule has 6 nitrogen and oxygen atoms in total. The largest absolute Gasteiger partial charge is 0.480 e. The van der Waals surface area contributed by atoms with Crippen LogP contribution in [-0.2, 0) is 14.4 Å². The second-order valence-electron chi connectivity index (χ2n) is 4.97. The molecule has 0 heterocycles. The van der Waals surface area contributed by atoms with Crippen molar-refractivity contribution in [2.45, 2.75) is 56.4 Å². The lowest BCUT2D eigenvalue weighted by Crippen LogP contribution is -2.38. The molecule has 0 aliphatic heterocycles. The Labute approximate surface area is 123 Å². The highest BCUT2D eigenvalue weighted by Crippen LogP contribution is 2.19. The summed E-state index contributed by atoms with van der Waals surface area (Å²) in [6.45, 7) is 1.82. The van der Waals surface area contributed by atoms with E-state index in [0.29, 0.717) is 24.6 Å². The van der Waals surface area contributed by atoms with Crippen LogP contribution in [-0.4, -0.2) is 46.5 Å². The molecule has 0 radical (unpaired) electrons. The van der Waals surface area contributed by atoms with Gasteiger partial charge in [0.05, 0.1) is 5.25 Å². The molecule has 2 unspecified atom stereocenters. The lowest BCUT2D eigenvalue weighted by molar-refractivity contribution is -0.140. The maximum absolute atomic E-state index is 11.9. The number of amides is 2. The third-order valence-corrected chi connectivity index (χ3v) is 4.60. The number of carboxylic acids is 1. The zero-order valence-electron chi connectivity index (χ0n) is 11.6. The molecule has 0 aromatic heterocycles. The predicted octanol–water partition coefficient (Wildman–Crippen LogP) is 0.756. The van der Waals surface area contributed by atoms with Gasteiger partial charge in [-0.2, -0.15) is 0 Å². The van der Waals surface area contributed by atoms with Crippen molar-refractivity contribution in [2.24, 2.45) is 0 Å². The quantitative estimate of drug-likeness (QED) is 0.546. The van der Waals surface area contributed by atoms with Gasteiger partial charge in [-0.1, -0.05) is 12.8 Å². The smallest absolute Gasteiger partial charge is 0.326 e. The fraction of sp³-hybridized carbons (Fsp3) is 0.769. The molecule has 2 amide bonds. The molecule has 2 atom stereocenters. The maximum atomic E-state index is 11.9. The number of hydrogen-bond donors (Lipinski definition) is 3. The average molecular weight is 302 g/mol. The molecule has 7 heteroatoms. The standard InChI is InChI=1S/C13H22N2O4S/c1-9(12(17)15-10-4-2-3-5-10)20-7-6-11(13(18)19)14-8-16/h8-11H,2-7H2,1H3,(H,14,16)(H,15,17)(H,18,19). The van der Waals surface area contributed by atoms with Crippen LogP contribution < -0.4 is 10.6 Å². The number of carbonyl (C=O) groups is 3. The summed E-state index contributed by atoms with van der Waals surface area (Å²) in [7, 11) is 0. The summed E-state index contributed by atoms with van der Waals surface area (Å²) in [6.07, 6.45) is 5.13. The predicted molar refractivity (Wildman–Crippen MR) is 77.6 cm³/mol. The first kappa shape index (κ1) is 16.8. The molecule has 1 rings (SSSR count). The summed E-state index contributed by atoms with van der Waals surface area (Å²) in [5, 5.41) is 13.9. The molecule has 0 spiro atoms. The van der Waals surface area contributed by atoms with Gasteiger partial charge in [-0.3, -0.25) is 9.59 Å². The fourth-order valence-electron chi connectivity index (χ4n) is 2.19. The molecule has 0 aromatic carbocycles. The van der Waals surface area contributed by atoms with Crippen molar-refractivity contribution in [1.82, 2.24) is 10.6 Å². The van der Waals surface area contributed by atoms with E-state index < -0.39 is 12.0 Å². The monoisotopic (exact) mass is 302 g/mol. The van der Waals surface area contributed by atoms with Gasteiger partial charge in [-0.05, 0) is 31.9 Å². The maximum Gasteiger partial charge on any atom is 0.326 e. The van der Waals surface area contributed by atoms with Gasteiger partial charge in [0.1, 0.15) is 6.04 Å². The fourth-order valence-corrected chi connectivity index (χ4v) is 3.13. The van der Waals surface area contributed by atoms with Crippen molar-refractivity contribution in [3.63, 3.8) is 0 Å². The summed E-state index contributed by atoms with van der Waals surface area (Å²) in [6, 6.07) is -0.584. The topological polar surface area (TPSA) is 95.5 Å². The summed E-state index contributed by atoms with van der Waals surface area (Å²) < 4.78 is 0. The number of nitrogens with one attached hydrogen (secondary N) is 2. The SMILES string of the molecule is CC(SCCC(NC=O)C(=O)O)C(=O)NC1CCCC1. The Balaban J connectivity index is 2.23. The van der Waals surface area contributed by atoms with E-state index in [2.05, 4.69) is 10.6 Å². The van der Waals surface area contributed by atoms with Gasteiger partial charge in [-0.25, -0.2) is 4.79 Å². The van der Waals surface area contributed by atoms with Crippen molar-refractivity contribution in [2.75, 3.05) is 5.75 Å². The Kier molecular flexibility index (Phi) is 7.43. The van der Waals surface area contributed by atoms with Gasteiger partial charge in [-0.15, -0.1) is 11.8 Å². The molecular formula is C13H22N2O4S. The highest BCUT2D eigenvalue weighted by molar-refractivity contribution is 8.00. The minimum atomic E-state index is -1.05. The molecule has 0 saturated heterocycles. The Morgan fingerprint density at radius 3 is 2.60 bits per heavy atom. The van der Waals surface area contributed by atoms with E-state index >= 15 is 0 Å². The Morgan fingerprint density at radius 1 is 1.40 bits per heavy atom. The van der Waals surface area contributed by atoms with E-state index in [9.17, 15) is 14.4 Å². The second-order valence-corrected chi connectivity index (χ2v) is 6.42. The van der Waals surface area contributed by atoms with Crippen LogP contribution >= 0.6 is 11.8 Å². The zero-order chi connectivity index (χ0) is 15.0. The van der Waals surface area contributed by atoms with Gasteiger partial charge in [0.15, 0.2) is 0 Å². The minimum absolute atomic E-state index is 0.0112. The number of thioether (sulfide) groups is 1. The van der Waals surface area contributed by atoms with E-state index in [0.717, 1.165) is 12.8 Å². The summed E-state index contributed by atoms with van der Waals surface area (Å²) in [4.78, 5) is 33.0. The first-order chi connectivity index (χ1) is 9.54. The minimum Gasteiger partial charge on any atom is -0.480 e. The first-order valence-electron chi connectivity index (χ1n) is 6.89. The molecule has 1 aliphatic carbocycles. The van der Waals surface area contributed by atoms with Crippen molar-refractivity contribution >= 4 is 30.0 Å². The summed E-state index contributed by atoms with van der Waals surface area (Å²) in [5.41, 5.74) is 0. The van der Waals surface area contributed by atoms with E-state index in [1.165, 1.54) is 24.6 Å². The van der Waals surface area contributed by atoms with Crippen LogP contribution in [0.15, 0.2) is 0 Å². The molecule has 114 valence electrons. The lowest BCUT2D eigenvalue weighted by Gasteiger charge is -2.17. The second kappa shape index (κ2) is 8.84. The van der Waals surface area contributed by atoms with Gasteiger partial charge in [0, 0.05) is 6.04 Å². The number of carboxylic acid groups (broad SMARTS) is 1. The average Bonchev–Trinajstić information content (AvgIpc) is 2.90. The van der Waals surface area contributed by atoms with Crippen molar-refractivity contribution in [1.29, 1.82) is 0 Å². The van der Waals surface area contributed by atoms with Crippen molar-refractivity contribution in [3.8, 4) is 0 Å². The zero-order valence-corrected chi connectivity index (χ0v) is 12.4.